The van der Waals surface area contributed by atoms with Crippen molar-refractivity contribution in [2.45, 2.75) is 152 Å². The van der Waals surface area contributed by atoms with Crippen molar-refractivity contribution in [3.05, 3.63) is 46.6 Å². The van der Waals surface area contributed by atoms with Gasteiger partial charge in [-0.2, -0.15) is 0 Å². The average molecular weight is 654 g/mol. The maximum Gasteiger partial charge on any atom is 0.130 e. The number of rotatable bonds is 13. The quantitative estimate of drug-likeness (QED) is 0.0858. The molecule has 0 aliphatic carbocycles. The average Bonchev–Trinajstić information content (AvgIpc) is 2.83. The van der Waals surface area contributed by atoms with Gasteiger partial charge in [0.15, 0.2) is 0 Å². The van der Waals surface area contributed by atoms with Crippen LogP contribution < -0.4 is 0 Å². The van der Waals surface area contributed by atoms with E-state index in [0.717, 1.165) is 18.2 Å². The summed E-state index contributed by atoms with van der Waals surface area (Å²) in [6.45, 7) is 20.7. The molecular weight excluding hydrogens is 576 g/mol. The molecule has 0 saturated heterocycles. The number of carbonyl (C=O) groups excluding carboxylic acids is 4. The first-order valence-electron chi connectivity index (χ1n) is 12.6. The minimum absolute atomic E-state index is 0. The molecule has 0 unspecified atom stereocenters. The number of hydrogen-bond donors (Lipinski definition) is 0. The zero-order valence-electron chi connectivity index (χ0n) is 24.2. The van der Waals surface area contributed by atoms with Crippen molar-refractivity contribution in [3.8, 4) is 0 Å². The van der Waals surface area contributed by atoms with Crippen LogP contribution in [0.1, 0.15) is 152 Å². The van der Waals surface area contributed by atoms with Crippen molar-refractivity contribution in [3.63, 3.8) is 0 Å². The lowest BCUT2D eigenvalue weighted by Gasteiger charge is -2.00. The lowest BCUT2D eigenvalue weighted by Crippen LogP contribution is -2.01. The van der Waals surface area contributed by atoms with Gasteiger partial charge in [-0.25, -0.2) is 0 Å². The van der Waals surface area contributed by atoms with E-state index < -0.39 is 5.92 Å². The van der Waals surface area contributed by atoms with Gasteiger partial charge in [0.2, 0.25) is 0 Å². The van der Waals surface area contributed by atoms with Crippen LogP contribution in [0.4, 0.5) is 0 Å². The lowest BCUT2D eigenvalue weighted by molar-refractivity contribution is -0.119. The smallest absolute Gasteiger partial charge is 0.130 e. The van der Waals surface area contributed by atoms with E-state index in [2.05, 4.69) is 68.8 Å². The van der Waals surface area contributed by atoms with E-state index in [1.54, 1.807) is 0 Å². The maximum absolute atomic E-state index is 10.4. The summed E-state index contributed by atoms with van der Waals surface area (Å²) < 4.78 is 0. The van der Waals surface area contributed by atoms with Crippen LogP contribution in [0.2, 0.25) is 0 Å². The molecule has 0 saturated carbocycles. The van der Waals surface area contributed by atoms with Crippen LogP contribution in [0.25, 0.3) is 0 Å². The van der Waals surface area contributed by atoms with E-state index in [1.807, 2.05) is 40.7 Å². The normalized spacial score (nSPS) is 8.29. The van der Waals surface area contributed by atoms with E-state index >= 15 is 0 Å². The summed E-state index contributed by atoms with van der Waals surface area (Å²) in [5.41, 5.74) is 5.44. The van der Waals surface area contributed by atoms with Crippen molar-refractivity contribution in [1.82, 2.24) is 0 Å². The van der Waals surface area contributed by atoms with Crippen molar-refractivity contribution in [2.24, 2.45) is 5.92 Å². The number of allylic oxidation sites excluding steroid dienone is 8. The van der Waals surface area contributed by atoms with Gasteiger partial charge in [0.1, 0.15) is 25.1 Å². The third kappa shape index (κ3) is 85.5. The predicted octanol–water partition coefficient (Wildman–Crippen LogP) is 12.8. The molecule has 41 heavy (non-hydrogen) atoms. The Bertz CT molecular complexity index is 593. The van der Waals surface area contributed by atoms with Gasteiger partial charge >= 0.3 is 0 Å². The zero-order valence-corrected chi connectivity index (χ0v) is 25.7. The predicted molar refractivity (Wildman–Crippen MR) is 199 cm³/mol. The highest BCUT2D eigenvalue weighted by Gasteiger charge is 2.02. The fourth-order valence-corrected chi connectivity index (χ4v) is 2.59. The Morgan fingerprint density at radius 2 is 0.878 bits per heavy atom. The monoisotopic (exact) mass is 653 g/mol. The van der Waals surface area contributed by atoms with E-state index in [9.17, 15) is 19.2 Å². The maximum atomic E-state index is 10.4. The van der Waals surface area contributed by atoms with E-state index in [1.165, 1.54) is 35.1 Å². The topological polar surface area (TPSA) is 68.3 Å². The number of aldehydes is 4. The molecule has 5 heteroatoms. The standard InChI is InChI=1S/C13H20O2.C10H17Br.C3H4O2.2C2H6.6CH4/c1-11(2)5-4-6-12(3)7-8-13(9-14)10-15;1-9(2)5-4-6-10(3)7-8-11;4-2-1-3-5;2*1-2;;;;;;/h5,7,9-10,13H,4,6,8H2,1-3H3;5,7H,4,6,8H2,1-3H3;2-3H,1H2;2*1-2H3;6*1H4/b12-7+;10-7+;;;;;;;;;. The van der Waals surface area contributed by atoms with E-state index in [-0.39, 0.29) is 51.0 Å². The molecule has 0 fully saturated rings. The third-order valence-electron chi connectivity index (χ3n) is 3.89. The first-order valence-corrected chi connectivity index (χ1v) is 13.7. The second-order valence-electron chi connectivity index (χ2n) is 7.64. The third-order valence-corrected chi connectivity index (χ3v) is 4.21. The summed E-state index contributed by atoms with van der Waals surface area (Å²) in [6.07, 6.45) is 16.2. The minimum atomic E-state index is -0.469. The lowest BCUT2D eigenvalue weighted by atomic mass is 10.0. The summed E-state index contributed by atoms with van der Waals surface area (Å²) in [6, 6.07) is 0. The van der Waals surface area contributed by atoms with Gasteiger partial charge in [0.05, 0.1) is 12.3 Å². The highest BCUT2D eigenvalue weighted by atomic mass is 79.9. The Morgan fingerprint density at radius 1 is 0.561 bits per heavy atom. The van der Waals surface area contributed by atoms with Crippen LogP contribution in [0.15, 0.2) is 46.6 Å². The zero-order chi connectivity index (χ0) is 28.5. The van der Waals surface area contributed by atoms with Gasteiger partial charge in [0.25, 0.3) is 0 Å². The fraction of sp³-hybridized carbons (Fsp3) is 0.667. The number of alkyl halides is 1. The molecular formula is C36H77BrO4. The first-order chi connectivity index (χ1) is 16.7. The number of halogens is 1. The molecule has 0 rings (SSSR count). The molecule has 0 spiro atoms. The summed E-state index contributed by atoms with van der Waals surface area (Å²) >= 11 is 3.38. The second-order valence-corrected chi connectivity index (χ2v) is 8.28. The highest BCUT2D eigenvalue weighted by molar-refractivity contribution is 9.09. The van der Waals surface area contributed by atoms with Gasteiger partial charge in [-0.15, -0.1) is 0 Å². The summed E-state index contributed by atoms with van der Waals surface area (Å²) in [4.78, 5) is 39.1. The molecule has 0 atom stereocenters. The molecule has 0 aromatic rings. The Balaban J connectivity index is -0.0000000345. The summed E-state index contributed by atoms with van der Waals surface area (Å²) in [5, 5.41) is 0.980. The molecule has 0 aliphatic rings. The largest absolute Gasteiger partial charge is 0.303 e. The SMILES string of the molecule is C.C.C.C.C.C.CC.CC.CC(C)=CCC/C(C)=C/CBr.CC(C)=CCC/C(C)=C/CC(C=O)C=O.O=CCC=O. The molecule has 0 amide bonds. The van der Waals surface area contributed by atoms with Crippen molar-refractivity contribution >= 4 is 41.1 Å². The van der Waals surface area contributed by atoms with Crippen LogP contribution >= 0.6 is 15.9 Å². The molecule has 0 aliphatic heterocycles. The second kappa shape index (κ2) is 66.4. The minimum Gasteiger partial charge on any atom is -0.303 e. The van der Waals surface area contributed by atoms with Crippen LogP contribution in [0.5, 0.6) is 0 Å². The Labute approximate surface area is 269 Å². The molecule has 0 aromatic carbocycles. The van der Waals surface area contributed by atoms with E-state index in [4.69, 9.17) is 0 Å². The van der Waals surface area contributed by atoms with Gasteiger partial charge in [0, 0.05) is 5.33 Å². The van der Waals surface area contributed by atoms with E-state index in [0.29, 0.717) is 31.6 Å². The van der Waals surface area contributed by atoms with Crippen molar-refractivity contribution in [1.29, 1.82) is 0 Å². The van der Waals surface area contributed by atoms with Crippen LogP contribution in [-0.4, -0.2) is 30.5 Å². The van der Waals surface area contributed by atoms with Gasteiger partial charge in [-0.3, -0.25) is 0 Å². The molecule has 252 valence electrons. The van der Waals surface area contributed by atoms with Crippen LogP contribution in [0.3, 0.4) is 0 Å². The van der Waals surface area contributed by atoms with Gasteiger partial charge < -0.3 is 19.2 Å². The molecule has 0 radical (unpaired) electrons. The fourth-order valence-electron chi connectivity index (χ4n) is 2.03. The Kier molecular flexibility index (Phi) is 116. The van der Waals surface area contributed by atoms with Gasteiger partial charge in [-0.05, 0) is 73.6 Å². The summed E-state index contributed by atoms with van der Waals surface area (Å²) in [7, 11) is 0. The van der Waals surface area contributed by atoms with Crippen LogP contribution in [-0.2, 0) is 19.2 Å². The van der Waals surface area contributed by atoms with Gasteiger partial charge in [-0.1, -0.05) is 135 Å². The molecule has 0 bridgehead atoms. The Morgan fingerprint density at radius 3 is 1.10 bits per heavy atom. The van der Waals surface area contributed by atoms with Crippen LogP contribution in [0, 0.1) is 5.92 Å². The number of carbonyl (C=O) groups is 4. The highest BCUT2D eigenvalue weighted by Crippen LogP contribution is 2.09. The first kappa shape index (κ1) is 71.9. The molecule has 4 nitrogen and oxygen atoms in total. The van der Waals surface area contributed by atoms with Crippen molar-refractivity contribution in [2.75, 3.05) is 5.33 Å². The summed E-state index contributed by atoms with van der Waals surface area (Å²) in [5.74, 6) is -0.469. The Hall–Kier alpha value is -1.88. The number of hydrogen-bond acceptors (Lipinski definition) is 4. The molecule has 0 N–H and O–H groups in total. The van der Waals surface area contributed by atoms with Crippen molar-refractivity contribution < 1.29 is 19.2 Å². The molecule has 0 heterocycles. The molecule has 0 aromatic heterocycles.